The van der Waals surface area contributed by atoms with Gasteiger partial charge in [-0.2, -0.15) is 0 Å². The lowest BCUT2D eigenvalue weighted by molar-refractivity contribution is -0.0985. The van der Waals surface area contributed by atoms with Gasteiger partial charge in [0.05, 0.1) is 5.60 Å². The zero-order chi connectivity index (χ0) is 12.3. The molecule has 0 aromatic heterocycles. The molecule has 0 aliphatic carbocycles. The number of ether oxygens (including phenoxy) is 1. The summed E-state index contributed by atoms with van der Waals surface area (Å²) in [5.41, 5.74) is 2.67. The Balaban J connectivity index is 3.03. The molecule has 16 heavy (non-hydrogen) atoms. The first-order chi connectivity index (χ1) is 7.38. The molecule has 2 nitrogen and oxygen atoms in total. The van der Waals surface area contributed by atoms with Gasteiger partial charge < -0.3 is 9.84 Å². The van der Waals surface area contributed by atoms with Gasteiger partial charge in [0.25, 0.3) is 0 Å². The second-order valence-corrected chi connectivity index (χ2v) is 4.80. The molecular formula is C14H22O2. The van der Waals surface area contributed by atoms with Crippen molar-refractivity contribution in [1.82, 2.24) is 0 Å². The van der Waals surface area contributed by atoms with Crippen LogP contribution in [0.15, 0.2) is 18.2 Å². The van der Waals surface area contributed by atoms with Crippen LogP contribution in [0.5, 0.6) is 0 Å². The van der Waals surface area contributed by atoms with Crippen molar-refractivity contribution in [2.75, 3.05) is 6.61 Å². The van der Waals surface area contributed by atoms with Crippen molar-refractivity contribution >= 4 is 0 Å². The molecule has 90 valence electrons. The molecule has 1 aromatic carbocycles. The molecule has 1 N–H and O–H groups in total. The van der Waals surface area contributed by atoms with Crippen LogP contribution < -0.4 is 0 Å². The standard InChI is InChI=1S/C14H22O2/c1-6-16-14(4,5)13(15)12-9-10(2)7-8-11(12)3/h7-9,13,15H,6H2,1-5H3. The van der Waals surface area contributed by atoms with Gasteiger partial charge in [0, 0.05) is 6.61 Å². The number of aliphatic hydroxyl groups is 1. The van der Waals surface area contributed by atoms with Gasteiger partial charge in [-0.15, -0.1) is 0 Å². The quantitative estimate of drug-likeness (QED) is 0.848. The minimum Gasteiger partial charge on any atom is -0.385 e. The van der Waals surface area contributed by atoms with Crippen LogP contribution in [0.4, 0.5) is 0 Å². The summed E-state index contributed by atoms with van der Waals surface area (Å²) in [4.78, 5) is 0. The molecule has 0 aliphatic heterocycles. The zero-order valence-corrected chi connectivity index (χ0v) is 10.9. The van der Waals surface area contributed by atoms with E-state index in [1.807, 2.05) is 46.8 Å². The van der Waals surface area contributed by atoms with Crippen LogP contribution in [0, 0.1) is 13.8 Å². The second kappa shape index (κ2) is 4.98. The fraction of sp³-hybridized carbons (Fsp3) is 0.571. The number of hydrogen-bond acceptors (Lipinski definition) is 2. The molecular weight excluding hydrogens is 200 g/mol. The first-order valence-corrected chi connectivity index (χ1v) is 5.77. The van der Waals surface area contributed by atoms with Crippen molar-refractivity contribution in [3.8, 4) is 0 Å². The topological polar surface area (TPSA) is 29.5 Å². The minimum atomic E-state index is -0.590. The fourth-order valence-corrected chi connectivity index (χ4v) is 1.88. The molecule has 0 saturated carbocycles. The third-order valence-corrected chi connectivity index (χ3v) is 2.90. The van der Waals surface area contributed by atoms with E-state index in [-0.39, 0.29) is 0 Å². The van der Waals surface area contributed by atoms with Crippen molar-refractivity contribution in [2.24, 2.45) is 0 Å². The van der Waals surface area contributed by atoms with Crippen LogP contribution in [0.25, 0.3) is 0 Å². The van der Waals surface area contributed by atoms with Crippen LogP contribution >= 0.6 is 0 Å². The highest BCUT2D eigenvalue weighted by Gasteiger charge is 2.30. The minimum absolute atomic E-state index is 0.548. The largest absolute Gasteiger partial charge is 0.385 e. The molecule has 0 radical (unpaired) electrons. The molecule has 0 heterocycles. The average molecular weight is 222 g/mol. The summed E-state index contributed by atoms with van der Waals surface area (Å²) in [5.74, 6) is 0. The third-order valence-electron chi connectivity index (χ3n) is 2.90. The SMILES string of the molecule is CCOC(C)(C)C(O)c1cc(C)ccc1C. The number of benzene rings is 1. The van der Waals surface area contributed by atoms with E-state index in [1.165, 1.54) is 0 Å². The number of aliphatic hydroxyl groups excluding tert-OH is 1. The summed E-state index contributed by atoms with van der Waals surface area (Å²) >= 11 is 0. The van der Waals surface area contributed by atoms with Crippen LogP contribution in [0.3, 0.4) is 0 Å². The predicted octanol–water partition coefficient (Wildman–Crippen LogP) is 3.15. The molecule has 0 fully saturated rings. The molecule has 1 rings (SSSR count). The molecule has 0 bridgehead atoms. The van der Waals surface area contributed by atoms with E-state index in [2.05, 4.69) is 6.07 Å². The lowest BCUT2D eigenvalue weighted by Crippen LogP contribution is -2.33. The molecule has 0 amide bonds. The Bertz CT molecular complexity index is 356. The van der Waals surface area contributed by atoms with Crippen molar-refractivity contribution in [3.05, 3.63) is 34.9 Å². The van der Waals surface area contributed by atoms with E-state index in [1.54, 1.807) is 0 Å². The van der Waals surface area contributed by atoms with Crippen molar-refractivity contribution in [1.29, 1.82) is 0 Å². The maximum absolute atomic E-state index is 10.4. The van der Waals surface area contributed by atoms with Gasteiger partial charge in [0.15, 0.2) is 0 Å². The van der Waals surface area contributed by atoms with Crippen molar-refractivity contribution in [2.45, 2.75) is 46.3 Å². The molecule has 0 spiro atoms. The Morgan fingerprint density at radius 2 is 1.94 bits per heavy atom. The normalized spacial score (nSPS) is 13.9. The lowest BCUT2D eigenvalue weighted by atomic mass is 9.90. The number of aryl methyl sites for hydroxylation is 2. The summed E-state index contributed by atoms with van der Waals surface area (Å²) in [6, 6.07) is 6.12. The van der Waals surface area contributed by atoms with E-state index >= 15 is 0 Å². The predicted molar refractivity (Wildman–Crippen MR) is 66.6 cm³/mol. The average Bonchev–Trinajstić information content (AvgIpc) is 2.20. The molecule has 2 heteroatoms. The lowest BCUT2D eigenvalue weighted by Gasteiger charge is -2.31. The summed E-state index contributed by atoms with van der Waals surface area (Å²) < 4.78 is 5.59. The summed E-state index contributed by atoms with van der Waals surface area (Å²) in [5, 5.41) is 10.4. The summed E-state index contributed by atoms with van der Waals surface area (Å²) in [6.45, 7) is 10.4. The molecule has 0 aliphatic rings. The Labute approximate surface area is 98.3 Å². The van der Waals surface area contributed by atoms with E-state index in [4.69, 9.17) is 4.74 Å². The third kappa shape index (κ3) is 2.83. The number of rotatable bonds is 4. The van der Waals surface area contributed by atoms with Crippen molar-refractivity contribution < 1.29 is 9.84 Å². The molecule has 0 saturated heterocycles. The van der Waals surface area contributed by atoms with E-state index in [0.717, 1.165) is 16.7 Å². The molecule has 1 atom stereocenters. The van der Waals surface area contributed by atoms with Crippen LogP contribution in [0.2, 0.25) is 0 Å². The highest BCUT2D eigenvalue weighted by atomic mass is 16.5. The summed E-state index contributed by atoms with van der Waals surface area (Å²) in [6.07, 6.45) is -0.590. The van der Waals surface area contributed by atoms with Crippen molar-refractivity contribution in [3.63, 3.8) is 0 Å². The van der Waals surface area contributed by atoms with Gasteiger partial charge >= 0.3 is 0 Å². The zero-order valence-electron chi connectivity index (χ0n) is 10.9. The highest BCUT2D eigenvalue weighted by molar-refractivity contribution is 5.33. The Morgan fingerprint density at radius 3 is 2.50 bits per heavy atom. The monoisotopic (exact) mass is 222 g/mol. The summed E-state index contributed by atoms with van der Waals surface area (Å²) in [7, 11) is 0. The maximum atomic E-state index is 10.4. The van der Waals surface area contributed by atoms with Crippen LogP contribution in [0.1, 0.15) is 43.6 Å². The van der Waals surface area contributed by atoms with Gasteiger partial charge in [-0.3, -0.25) is 0 Å². The molecule has 1 aromatic rings. The van der Waals surface area contributed by atoms with Gasteiger partial charge in [-0.05, 0) is 45.7 Å². The highest BCUT2D eigenvalue weighted by Crippen LogP contribution is 2.31. The van der Waals surface area contributed by atoms with E-state index in [9.17, 15) is 5.11 Å². The van der Waals surface area contributed by atoms with Gasteiger partial charge in [-0.1, -0.05) is 23.8 Å². The van der Waals surface area contributed by atoms with Gasteiger partial charge in [0.2, 0.25) is 0 Å². The van der Waals surface area contributed by atoms with Crippen LogP contribution in [-0.4, -0.2) is 17.3 Å². The molecule has 1 unspecified atom stereocenters. The van der Waals surface area contributed by atoms with E-state index in [0.29, 0.717) is 6.61 Å². The van der Waals surface area contributed by atoms with E-state index < -0.39 is 11.7 Å². The maximum Gasteiger partial charge on any atom is 0.108 e. The Hall–Kier alpha value is -0.860. The number of hydrogen-bond donors (Lipinski definition) is 1. The smallest absolute Gasteiger partial charge is 0.108 e. The fourth-order valence-electron chi connectivity index (χ4n) is 1.88. The first kappa shape index (κ1) is 13.2. The van der Waals surface area contributed by atoms with Gasteiger partial charge in [-0.25, -0.2) is 0 Å². The Morgan fingerprint density at radius 1 is 1.31 bits per heavy atom. The first-order valence-electron chi connectivity index (χ1n) is 5.77. The second-order valence-electron chi connectivity index (χ2n) is 4.80. The van der Waals surface area contributed by atoms with Gasteiger partial charge in [0.1, 0.15) is 6.10 Å². The Kier molecular flexibility index (Phi) is 4.11. The van der Waals surface area contributed by atoms with Crippen LogP contribution in [-0.2, 0) is 4.74 Å².